The Morgan fingerprint density at radius 2 is 1.72 bits per heavy atom. The average molecular weight is 395 g/mol. The normalized spacial score (nSPS) is 15.4. The maximum atomic E-state index is 13.2. The summed E-state index contributed by atoms with van der Waals surface area (Å²) in [5, 5.41) is 2.63. The van der Waals surface area contributed by atoms with Gasteiger partial charge in [-0.2, -0.15) is 0 Å². The Kier molecular flexibility index (Phi) is 7.04. The van der Waals surface area contributed by atoms with Gasteiger partial charge in [-0.05, 0) is 43.4 Å². The van der Waals surface area contributed by atoms with Crippen LogP contribution in [0.3, 0.4) is 0 Å². The van der Waals surface area contributed by atoms with Crippen molar-refractivity contribution >= 4 is 11.8 Å². The van der Waals surface area contributed by atoms with Crippen molar-refractivity contribution in [3.05, 3.63) is 71.3 Å². The third kappa shape index (κ3) is 5.91. The van der Waals surface area contributed by atoms with Crippen LogP contribution in [0.15, 0.2) is 54.6 Å². The molecule has 1 aliphatic rings. The van der Waals surface area contributed by atoms with Crippen LogP contribution in [0.4, 0.5) is 0 Å². The van der Waals surface area contributed by atoms with E-state index in [2.05, 4.69) is 29.3 Å². The monoisotopic (exact) mass is 394 g/mol. The van der Waals surface area contributed by atoms with Gasteiger partial charge in [0.25, 0.3) is 11.8 Å². The van der Waals surface area contributed by atoms with Gasteiger partial charge in [-0.1, -0.05) is 42.5 Å². The molecule has 0 aromatic heterocycles. The third-order valence-corrected chi connectivity index (χ3v) is 5.71. The van der Waals surface area contributed by atoms with Gasteiger partial charge in [0.05, 0.1) is 7.05 Å². The van der Waals surface area contributed by atoms with Crippen molar-refractivity contribution in [3.8, 4) is 0 Å². The highest BCUT2D eigenvalue weighted by atomic mass is 16.2. The Hall–Kier alpha value is -2.66. The number of nitrogens with one attached hydrogen (secondary N) is 2. The van der Waals surface area contributed by atoms with E-state index in [4.69, 9.17) is 0 Å². The minimum atomic E-state index is -0.0851. The number of rotatable bonds is 9. The predicted octanol–water partition coefficient (Wildman–Crippen LogP) is 1.89. The summed E-state index contributed by atoms with van der Waals surface area (Å²) in [6.45, 7) is 4.06. The Morgan fingerprint density at radius 1 is 1.07 bits per heavy atom. The second kappa shape index (κ2) is 9.70. The molecule has 2 aromatic rings. The lowest BCUT2D eigenvalue weighted by Crippen LogP contribution is -3.08. The van der Waals surface area contributed by atoms with Gasteiger partial charge >= 0.3 is 0 Å². The molecule has 2 atom stereocenters. The van der Waals surface area contributed by atoms with Crippen LogP contribution in [0.2, 0.25) is 0 Å². The van der Waals surface area contributed by atoms with Gasteiger partial charge in [-0.15, -0.1) is 0 Å². The zero-order valence-electron chi connectivity index (χ0n) is 17.7. The summed E-state index contributed by atoms with van der Waals surface area (Å²) in [4.78, 5) is 28.0. The molecular weight excluding hydrogens is 362 g/mol. The van der Waals surface area contributed by atoms with Gasteiger partial charge < -0.3 is 15.1 Å². The summed E-state index contributed by atoms with van der Waals surface area (Å²) in [5.74, 6) is 0.756. The number of carbonyl (C=O) groups excluding carboxylic acids is 2. The van der Waals surface area contributed by atoms with Crippen molar-refractivity contribution in [1.82, 2.24) is 10.2 Å². The van der Waals surface area contributed by atoms with Crippen molar-refractivity contribution in [1.29, 1.82) is 0 Å². The summed E-state index contributed by atoms with van der Waals surface area (Å²) in [7, 11) is 3.68. The molecule has 5 nitrogen and oxygen atoms in total. The zero-order chi connectivity index (χ0) is 20.8. The minimum absolute atomic E-state index is 0.0851. The van der Waals surface area contributed by atoms with Crippen molar-refractivity contribution in [3.63, 3.8) is 0 Å². The fourth-order valence-corrected chi connectivity index (χ4v) is 3.76. The molecule has 154 valence electrons. The van der Waals surface area contributed by atoms with Crippen LogP contribution in [-0.2, 0) is 17.9 Å². The number of quaternary nitrogens is 1. The van der Waals surface area contributed by atoms with Gasteiger partial charge in [0, 0.05) is 30.8 Å². The van der Waals surface area contributed by atoms with Crippen molar-refractivity contribution in [2.75, 3.05) is 20.6 Å². The van der Waals surface area contributed by atoms with E-state index in [0.29, 0.717) is 24.6 Å². The quantitative estimate of drug-likeness (QED) is 0.682. The minimum Gasteiger partial charge on any atom is -0.355 e. The van der Waals surface area contributed by atoms with E-state index in [1.807, 2.05) is 49.5 Å². The van der Waals surface area contributed by atoms with Crippen molar-refractivity contribution < 1.29 is 14.5 Å². The SMILES string of the molecule is CNC(=O)c1ccc(C[NH+](C)CC(=O)N(Cc2ccccc2)[C@H](C)C2CC2)cc1. The van der Waals surface area contributed by atoms with Crippen molar-refractivity contribution in [2.24, 2.45) is 5.92 Å². The molecule has 2 amide bonds. The van der Waals surface area contributed by atoms with Gasteiger partial charge in [0.1, 0.15) is 6.54 Å². The molecule has 0 heterocycles. The molecule has 29 heavy (non-hydrogen) atoms. The van der Waals surface area contributed by atoms with E-state index in [1.165, 1.54) is 18.4 Å². The maximum absolute atomic E-state index is 13.2. The van der Waals surface area contributed by atoms with Crippen LogP contribution in [0.1, 0.15) is 41.3 Å². The number of amides is 2. The molecule has 5 heteroatoms. The third-order valence-electron chi connectivity index (χ3n) is 5.71. The molecule has 0 bridgehead atoms. The smallest absolute Gasteiger partial charge is 0.278 e. The summed E-state index contributed by atoms with van der Waals surface area (Å²) in [6, 6.07) is 18.1. The maximum Gasteiger partial charge on any atom is 0.278 e. The zero-order valence-corrected chi connectivity index (χ0v) is 17.7. The first-order valence-electron chi connectivity index (χ1n) is 10.4. The number of carbonyl (C=O) groups is 2. The molecule has 0 radical (unpaired) electrons. The van der Waals surface area contributed by atoms with Crippen molar-refractivity contribution in [2.45, 2.75) is 38.9 Å². The van der Waals surface area contributed by atoms with E-state index >= 15 is 0 Å². The molecule has 0 aliphatic heterocycles. The second-order valence-corrected chi connectivity index (χ2v) is 8.17. The molecule has 1 aliphatic carbocycles. The Bertz CT molecular complexity index is 816. The van der Waals surface area contributed by atoms with Crippen LogP contribution < -0.4 is 10.2 Å². The fraction of sp³-hybridized carbons (Fsp3) is 0.417. The van der Waals surface area contributed by atoms with E-state index in [0.717, 1.165) is 17.0 Å². The van der Waals surface area contributed by atoms with Crippen LogP contribution in [0, 0.1) is 5.92 Å². The van der Waals surface area contributed by atoms with Crippen LogP contribution in [0.5, 0.6) is 0 Å². The lowest BCUT2D eigenvalue weighted by Gasteiger charge is -2.30. The summed E-state index contributed by atoms with van der Waals surface area (Å²) < 4.78 is 0. The molecule has 1 fully saturated rings. The molecule has 2 aromatic carbocycles. The van der Waals surface area contributed by atoms with Crippen LogP contribution in [0.25, 0.3) is 0 Å². The Balaban J connectivity index is 1.61. The van der Waals surface area contributed by atoms with Gasteiger partial charge in [0.2, 0.25) is 0 Å². The molecule has 1 unspecified atom stereocenters. The molecule has 0 spiro atoms. The van der Waals surface area contributed by atoms with Gasteiger partial charge in [-0.25, -0.2) is 0 Å². The first-order valence-corrected chi connectivity index (χ1v) is 10.4. The highest BCUT2D eigenvalue weighted by molar-refractivity contribution is 5.93. The molecule has 0 saturated heterocycles. The predicted molar refractivity (Wildman–Crippen MR) is 114 cm³/mol. The summed E-state index contributed by atoms with van der Waals surface area (Å²) in [6.07, 6.45) is 2.44. The van der Waals surface area contributed by atoms with Gasteiger partial charge in [-0.3, -0.25) is 9.59 Å². The summed E-state index contributed by atoms with van der Waals surface area (Å²) in [5.41, 5.74) is 2.95. The number of nitrogens with zero attached hydrogens (tertiary/aromatic N) is 1. The lowest BCUT2D eigenvalue weighted by molar-refractivity contribution is -0.885. The highest BCUT2D eigenvalue weighted by Gasteiger charge is 2.35. The molecular formula is C24H32N3O2+. The largest absolute Gasteiger partial charge is 0.355 e. The molecule has 3 rings (SSSR count). The lowest BCUT2D eigenvalue weighted by atomic mass is 10.1. The van der Waals surface area contributed by atoms with E-state index in [1.54, 1.807) is 7.05 Å². The number of likely N-dealkylation sites (N-methyl/N-ethyl adjacent to an activating group) is 1. The number of benzene rings is 2. The average Bonchev–Trinajstić information content (AvgIpc) is 3.57. The Morgan fingerprint density at radius 3 is 2.31 bits per heavy atom. The second-order valence-electron chi connectivity index (χ2n) is 8.17. The standard InChI is InChI=1S/C24H31N3O2/c1-18(21-13-14-21)27(16-19-7-5-4-6-8-19)23(28)17-26(3)15-20-9-11-22(12-10-20)24(29)25-2/h4-12,18,21H,13-17H2,1-3H3,(H,25,29)/p+1/t18-/m1/s1. The van der Waals surface area contributed by atoms with E-state index in [9.17, 15) is 9.59 Å². The fourth-order valence-electron chi connectivity index (χ4n) is 3.76. The Labute approximate surface area is 173 Å². The molecule has 1 saturated carbocycles. The van der Waals surface area contributed by atoms with E-state index < -0.39 is 0 Å². The van der Waals surface area contributed by atoms with Crippen LogP contribution in [-0.4, -0.2) is 43.4 Å². The topological polar surface area (TPSA) is 53.9 Å². The van der Waals surface area contributed by atoms with E-state index in [-0.39, 0.29) is 17.9 Å². The highest BCUT2D eigenvalue weighted by Crippen LogP contribution is 2.35. The van der Waals surface area contributed by atoms with Gasteiger partial charge in [0.15, 0.2) is 6.54 Å². The number of hydrogen-bond acceptors (Lipinski definition) is 2. The first-order chi connectivity index (χ1) is 14.0. The summed E-state index contributed by atoms with van der Waals surface area (Å²) >= 11 is 0. The number of hydrogen-bond donors (Lipinski definition) is 2. The molecule has 2 N–H and O–H groups in total. The first kappa shape index (κ1) is 21.1. The van der Waals surface area contributed by atoms with Crippen LogP contribution >= 0.6 is 0 Å².